The third-order valence-electron chi connectivity index (χ3n) is 4.06. The molecule has 0 radical (unpaired) electrons. The lowest BCUT2D eigenvalue weighted by atomic mass is 10.1. The van der Waals surface area contributed by atoms with Crippen molar-refractivity contribution in [2.75, 3.05) is 30.7 Å². The van der Waals surface area contributed by atoms with Gasteiger partial charge < -0.3 is 16.0 Å². The van der Waals surface area contributed by atoms with Crippen LogP contribution in [0.25, 0.3) is 0 Å². The largest absolute Gasteiger partial charge is 0.399 e. The third kappa shape index (κ3) is 4.13. The van der Waals surface area contributed by atoms with Crippen LogP contribution in [0.4, 0.5) is 11.4 Å². The minimum atomic E-state index is 0.529. The third-order valence-corrected chi connectivity index (χ3v) is 4.06. The van der Waals surface area contributed by atoms with Crippen LogP contribution in [0.5, 0.6) is 0 Å². The molecule has 0 saturated carbocycles. The summed E-state index contributed by atoms with van der Waals surface area (Å²) < 4.78 is 0. The van der Waals surface area contributed by atoms with Crippen molar-refractivity contribution in [1.82, 2.24) is 4.90 Å². The molecule has 1 aliphatic rings. The number of hydrogen-bond donors (Lipinski definition) is 2. The molecule has 2 rings (SSSR count). The van der Waals surface area contributed by atoms with Gasteiger partial charge in [-0.1, -0.05) is 13.3 Å². The van der Waals surface area contributed by atoms with Crippen molar-refractivity contribution in [2.24, 2.45) is 0 Å². The minimum absolute atomic E-state index is 0.529. The Labute approximate surface area is 117 Å². The molecule has 1 saturated heterocycles. The molecule has 3 N–H and O–H groups in total. The highest BCUT2D eigenvalue weighted by Gasteiger charge is 2.15. The van der Waals surface area contributed by atoms with Crippen molar-refractivity contribution >= 4 is 11.4 Å². The van der Waals surface area contributed by atoms with Crippen LogP contribution in [0, 0.1) is 6.92 Å². The predicted molar refractivity (Wildman–Crippen MR) is 83.6 cm³/mol. The Morgan fingerprint density at radius 1 is 1.26 bits per heavy atom. The Morgan fingerprint density at radius 3 is 2.63 bits per heavy atom. The molecule has 0 amide bonds. The number of nitrogen functional groups attached to an aromatic ring is 1. The smallest absolute Gasteiger partial charge is 0.0385 e. The molecule has 1 heterocycles. The van der Waals surface area contributed by atoms with Crippen LogP contribution >= 0.6 is 0 Å². The topological polar surface area (TPSA) is 41.3 Å². The minimum Gasteiger partial charge on any atom is -0.399 e. The molecule has 3 nitrogen and oxygen atoms in total. The van der Waals surface area contributed by atoms with Gasteiger partial charge in [0.15, 0.2) is 0 Å². The van der Waals surface area contributed by atoms with Crippen LogP contribution in [0.15, 0.2) is 18.2 Å². The van der Waals surface area contributed by atoms with Gasteiger partial charge in [0.05, 0.1) is 0 Å². The number of benzene rings is 1. The van der Waals surface area contributed by atoms with Gasteiger partial charge in [-0.05, 0) is 63.0 Å². The van der Waals surface area contributed by atoms with Gasteiger partial charge in [-0.25, -0.2) is 0 Å². The molecule has 0 aromatic heterocycles. The summed E-state index contributed by atoms with van der Waals surface area (Å²) >= 11 is 0. The van der Waals surface area contributed by atoms with E-state index in [0.29, 0.717) is 6.04 Å². The molecule has 1 aromatic rings. The predicted octanol–water partition coefficient (Wildman–Crippen LogP) is 3.25. The summed E-state index contributed by atoms with van der Waals surface area (Å²) in [6, 6.07) is 6.75. The first-order valence-electron chi connectivity index (χ1n) is 7.54. The van der Waals surface area contributed by atoms with Gasteiger partial charge in [0.1, 0.15) is 0 Å². The van der Waals surface area contributed by atoms with Gasteiger partial charge in [0.2, 0.25) is 0 Å². The fourth-order valence-electron chi connectivity index (χ4n) is 2.73. The number of likely N-dealkylation sites (tertiary alicyclic amines) is 1. The van der Waals surface area contributed by atoms with E-state index in [2.05, 4.69) is 36.2 Å². The van der Waals surface area contributed by atoms with Crippen molar-refractivity contribution < 1.29 is 0 Å². The van der Waals surface area contributed by atoms with E-state index in [1.54, 1.807) is 0 Å². The van der Waals surface area contributed by atoms with E-state index in [-0.39, 0.29) is 0 Å². The lowest BCUT2D eigenvalue weighted by Gasteiger charge is -2.31. The van der Waals surface area contributed by atoms with E-state index in [4.69, 9.17) is 5.73 Å². The van der Waals surface area contributed by atoms with E-state index < -0.39 is 0 Å². The number of aryl methyl sites for hydroxylation is 1. The number of nitrogens with zero attached hydrogens (tertiary/aromatic N) is 1. The maximum atomic E-state index is 5.87. The van der Waals surface area contributed by atoms with E-state index in [1.165, 1.54) is 38.0 Å². The van der Waals surface area contributed by atoms with E-state index >= 15 is 0 Å². The van der Waals surface area contributed by atoms with Gasteiger partial charge in [-0.15, -0.1) is 0 Å². The van der Waals surface area contributed by atoms with Crippen molar-refractivity contribution in [3.8, 4) is 0 Å². The molecular weight excluding hydrogens is 234 g/mol. The highest BCUT2D eigenvalue weighted by atomic mass is 15.2. The van der Waals surface area contributed by atoms with Crippen LogP contribution in [0.3, 0.4) is 0 Å². The lowest BCUT2D eigenvalue weighted by Crippen LogP contribution is -2.39. The molecule has 0 spiro atoms. The summed E-state index contributed by atoms with van der Waals surface area (Å²) in [5.74, 6) is 0. The average molecular weight is 261 g/mol. The number of nitrogens with two attached hydrogens (primary N) is 1. The summed E-state index contributed by atoms with van der Waals surface area (Å²) in [7, 11) is 0. The van der Waals surface area contributed by atoms with Gasteiger partial charge in [0, 0.05) is 24.0 Å². The van der Waals surface area contributed by atoms with Crippen molar-refractivity contribution in [3.63, 3.8) is 0 Å². The number of rotatable bonds is 5. The molecule has 3 heteroatoms. The fourth-order valence-corrected chi connectivity index (χ4v) is 2.73. The molecule has 1 unspecified atom stereocenters. The van der Waals surface area contributed by atoms with E-state index in [1.807, 2.05) is 6.07 Å². The van der Waals surface area contributed by atoms with Gasteiger partial charge >= 0.3 is 0 Å². The van der Waals surface area contributed by atoms with Gasteiger partial charge in [0.25, 0.3) is 0 Å². The summed E-state index contributed by atoms with van der Waals surface area (Å²) in [5.41, 5.74) is 9.08. The second kappa shape index (κ2) is 6.80. The zero-order chi connectivity index (χ0) is 13.7. The maximum Gasteiger partial charge on any atom is 0.0385 e. The van der Waals surface area contributed by atoms with Crippen LogP contribution in [0.1, 0.15) is 38.2 Å². The molecule has 106 valence electrons. The molecule has 1 aromatic carbocycles. The first-order chi connectivity index (χ1) is 9.19. The van der Waals surface area contributed by atoms with Crippen molar-refractivity contribution in [3.05, 3.63) is 23.8 Å². The van der Waals surface area contributed by atoms with Crippen LogP contribution in [-0.2, 0) is 0 Å². The Hall–Kier alpha value is -1.22. The second-order valence-electron chi connectivity index (χ2n) is 5.68. The quantitative estimate of drug-likeness (QED) is 0.799. The summed E-state index contributed by atoms with van der Waals surface area (Å²) in [6.07, 6.45) is 5.27. The fraction of sp³-hybridized carbons (Fsp3) is 0.625. The Balaban J connectivity index is 1.92. The standard InChI is InChI=1S/C16H27N3/c1-3-14(12-19-9-5-4-6-10-19)18-15-7-8-16(17)13(2)11-15/h7-8,11,14,18H,3-6,9-10,12,17H2,1-2H3. The lowest BCUT2D eigenvalue weighted by molar-refractivity contribution is 0.219. The SMILES string of the molecule is CCC(CN1CCCCC1)Nc1ccc(N)c(C)c1. The van der Waals surface area contributed by atoms with Gasteiger partial charge in [-0.2, -0.15) is 0 Å². The first-order valence-corrected chi connectivity index (χ1v) is 7.54. The van der Waals surface area contributed by atoms with E-state index in [0.717, 1.165) is 24.2 Å². The average Bonchev–Trinajstić information content (AvgIpc) is 2.43. The number of piperidine rings is 1. The number of anilines is 2. The molecule has 1 aliphatic heterocycles. The molecule has 1 fully saturated rings. The molecule has 19 heavy (non-hydrogen) atoms. The second-order valence-corrected chi connectivity index (χ2v) is 5.68. The summed E-state index contributed by atoms with van der Waals surface area (Å²) in [4.78, 5) is 2.59. The van der Waals surface area contributed by atoms with Crippen molar-refractivity contribution in [1.29, 1.82) is 0 Å². The molecule has 0 aliphatic carbocycles. The highest BCUT2D eigenvalue weighted by Crippen LogP contribution is 2.18. The van der Waals surface area contributed by atoms with Crippen molar-refractivity contribution in [2.45, 2.75) is 45.6 Å². The molecule has 1 atom stereocenters. The van der Waals surface area contributed by atoms with E-state index in [9.17, 15) is 0 Å². The van der Waals surface area contributed by atoms with Crippen LogP contribution < -0.4 is 11.1 Å². The van der Waals surface area contributed by atoms with Crippen LogP contribution in [0.2, 0.25) is 0 Å². The Kier molecular flexibility index (Phi) is 5.08. The number of nitrogens with one attached hydrogen (secondary N) is 1. The monoisotopic (exact) mass is 261 g/mol. The molecule has 0 bridgehead atoms. The normalized spacial score (nSPS) is 18.2. The zero-order valence-electron chi connectivity index (χ0n) is 12.3. The molecular formula is C16H27N3. The van der Waals surface area contributed by atoms with Crippen LogP contribution in [-0.4, -0.2) is 30.6 Å². The maximum absolute atomic E-state index is 5.87. The summed E-state index contributed by atoms with van der Waals surface area (Å²) in [6.45, 7) is 8.00. The zero-order valence-corrected chi connectivity index (χ0v) is 12.3. The Bertz CT molecular complexity index is 397. The highest BCUT2D eigenvalue weighted by molar-refractivity contribution is 5.57. The Morgan fingerprint density at radius 2 is 2.00 bits per heavy atom. The first kappa shape index (κ1) is 14.2. The number of hydrogen-bond acceptors (Lipinski definition) is 3. The van der Waals surface area contributed by atoms with Gasteiger partial charge in [-0.3, -0.25) is 0 Å². The summed E-state index contributed by atoms with van der Waals surface area (Å²) in [5, 5.41) is 3.65.